The number of carbonyl (C=O) groups is 1. The van der Waals surface area contributed by atoms with E-state index in [1.165, 1.54) is 6.07 Å². The Bertz CT molecular complexity index is 599. The Morgan fingerprint density at radius 1 is 1.28 bits per heavy atom. The van der Waals surface area contributed by atoms with E-state index in [0.29, 0.717) is 11.3 Å². The summed E-state index contributed by atoms with van der Waals surface area (Å²) in [4.78, 5) is 22.7. The second kappa shape index (κ2) is 5.27. The summed E-state index contributed by atoms with van der Waals surface area (Å²) < 4.78 is 0. The highest BCUT2D eigenvalue weighted by molar-refractivity contribution is 5.95. The van der Waals surface area contributed by atoms with Crippen molar-refractivity contribution in [3.05, 3.63) is 63.6 Å². The number of aryl methyl sites for hydroxylation is 1. The summed E-state index contributed by atoms with van der Waals surface area (Å²) >= 11 is 0. The largest absolute Gasteiger partial charge is 0.346 e. The summed E-state index contributed by atoms with van der Waals surface area (Å²) in [7, 11) is 0. The molecule has 0 fully saturated rings. The fourth-order valence-electron chi connectivity index (χ4n) is 1.57. The van der Waals surface area contributed by atoms with Gasteiger partial charge in [-0.3, -0.25) is 9.59 Å². The van der Waals surface area contributed by atoms with Gasteiger partial charge in [0.1, 0.15) is 0 Å². The molecule has 2 N–H and O–H groups in total. The highest BCUT2D eigenvalue weighted by Gasteiger charge is 2.07. The number of rotatable bonds is 3. The first-order chi connectivity index (χ1) is 8.66. The van der Waals surface area contributed by atoms with E-state index < -0.39 is 0 Å². The van der Waals surface area contributed by atoms with Gasteiger partial charge in [0.25, 0.3) is 11.5 Å². The van der Waals surface area contributed by atoms with E-state index >= 15 is 0 Å². The molecule has 92 valence electrons. The molecule has 5 heteroatoms. The van der Waals surface area contributed by atoms with Crippen LogP contribution in [-0.2, 0) is 6.54 Å². The zero-order valence-electron chi connectivity index (χ0n) is 9.93. The highest BCUT2D eigenvalue weighted by atomic mass is 16.1. The Hall–Kier alpha value is -2.43. The third-order valence-electron chi connectivity index (χ3n) is 2.56. The Kier molecular flexibility index (Phi) is 3.52. The number of carbonyl (C=O) groups excluding carboxylic acids is 1. The normalized spacial score (nSPS) is 10.1. The van der Waals surface area contributed by atoms with E-state index in [-0.39, 0.29) is 18.0 Å². The maximum atomic E-state index is 11.9. The van der Waals surface area contributed by atoms with Gasteiger partial charge in [0.2, 0.25) is 0 Å². The summed E-state index contributed by atoms with van der Waals surface area (Å²) in [5.74, 6) is -0.152. The van der Waals surface area contributed by atoms with Crippen molar-refractivity contribution in [2.75, 3.05) is 0 Å². The summed E-state index contributed by atoms with van der Waals surface area (Å²) in [5, 5.41) is 8.88. The first-order valence-electron chi connectivity index (χ1n) is 5.55. The number of nitrogens with one attached hydrogen (secondary N) is 2. The molecule has 0 radical (unpaired) electrons. The first-order valence-corrected chi connectivity index (χ1v) is 5.55. The minimum atomic E-state index is -0.260. The first kappa shape index (κ1) is 12.0. The van der Waals surface area contributed by atoms with Gasteiger partial charge in [-0.15, -0.1) is 0 Å². The van der Waals surface area contributed by atoms with Crippen LogP contribution in [0, 0.1) is 6.92 Å². The zero-order valence-corrected chi connectivity index (χ0v) is 9.93. The van der Waals surface area contributed by atoms with E-state index in [0.717, 1.165) is 5.56 Å². The quantitative estimate of drug-likeness (QED) is 0.844. The molecule has 2 aromatic rings. The van der Waals surface area contributed by atoms with Crippen LogP contribution in [0.25, 0.3) is 0 Å². The highest BCUT2D eigenvalue weighted by Crippen LogP contribution is 2.06. The number of aromatic nitrogens is 2. The molecular formula is C13H13N3O2. The van der Waals surface area contributed by atoms with Gasteiger partial charge in [0.05, 0.1) is 12.2 Å². The lowest BCUT2D eigenvalue weighted by molar-refractivity contribution is 0.0949. The average molecular weight is 243 g/mol. The lowest BCUT2D eigenvalue weighted by Crippen LogP contribution is -2.24. The van der Waals surface area contributed by atoms with Crippen LogP contribution in [0.2, 0.25) is 0 Å². The third kappa shape index (κ3) is 2.82. The third-order valence-corrected chi connectivity index (χ3v) is 2.56. The van der Waals surface area contributed by atoms with Crippen molar-refractivity contribution in [3.8, 4) is 0 Å². The number of hydrogen-bond donors (Lipinski definition) is 2. The molecule has 1 aromatic carbocycles. The van der Waals surface area contributed by atoms with Crippen LogP contribution < -0.4 is 10.9 Å². The van der Waals surface area contributed by atoms with E-state index in [1.54, 1.807) is 12.1 Å². The Morgan fingerprint density at radius 2 is 2.06 bits per heavy atom. The molecule has 1 aromatic heterocycles. The molecule has 0 aliphatic carbocycles. The predicted molar refractivity (Wildman–Crippen MR) is 67.2 cm³/mol. The lowest BCUT2D eigenvalue weighted by Gasteiger charge is -2.06. The summed E-state index contributed by atoms with van der Waals surface area (Å²) in [6, 6.07) is 10.3. The summed E-state index contributed by atoms with van der Waals surface area (Å²) in [6.07, 6.45) is 0. The number of benzene rings is 1. The average Bonchev–Trinajstić information content (AvgIpc) is 2.38. The van der Waals surface area contributed by atoms with Gasteiger partial charge >= 0.3 is 0 Å². The SMILES string of the molecule is Cc1ccccc1C(=O)NCc1ccc(=O)[nH]n1. The second-order valence-electron chi connectivity index (χ2n) is 3.91. The van der Waals surface area contributed by atoms with Crippen molar-refractivity contribution in [1.82, 2.24) is 15.5 Å². The van der Waals surface area contributed by atoms with E-state index in [9.17, 15) is 9.59 Å². The molecule has 0 aliphatic heterocycles. The molecule has 0 unspecified atom stereocenters. The minimum absolute atomic E-state index is 0.152. The number of nitrogens with zero attached hydrogens (tertiary/aromatic N) is 1. The molecule has 2 rings (SSSR count). The molecule has 0 atom stereocenters. The molecule has 0 saturated heterocycles. The fraction of sp³-hybridized carbons (Fsp3) is 0.154. The Balaban J connectivity index is 2.03. The molecule has 0 aliphatic rings. The van der Waals surface area contributed by atoms with Gasteiger partial charge in [-0.2, -0.15) is 5.10 Å². The van der Waals surface area contributed by atoms with E-state index in [1.807, 2.05) is 25.1 Å². The number of aromatic amines is 1. The Labute approximate surface area is 104 Å². The molecular weight excluding hydrogens is 230 g/mol. The van der Waals surface area contributed by atoms with Crippen molar-refractivity contribution >= 4 is 5.91 Å². The van der Waals surface area contributed by atoms with Gasteiger partial charge < -0.3 is 5.32 Å². The standard InChI is InChI=1S/C13H13N3O2/c1-9-4-2-3-5-11(9)13(18)14-8-10-6-7-12(17)16-15-10/h2-7H,8H2,1H3,(H,14,18)(H,16,17). The zero-order chi connectivity index (χ0) is 13.0. The topological polar surface area (TPSA) is 74.8 Å². The van der Waals surface area contributed by atoms with Gasteiger partial charge in [-0.1, -0.05) is 18.2 Å². The minimum Gasteiger partial charge on any atom is -0.346 e. The second-order valence-corrected chi connectivity index (χ2v) is 3.91. The van der Waals surface area contributed by atoms with Crippen molar-refractivity contribution in [2.24, 2.45) is 0 Å². The molecule has 0 saturated carbocycles. The smallest absolute Gasteiger partial charge is 0.264 e. The van der Waals surface area contributed by atoms with Crippen LogP contribution in [-0.4, -0.2) is 16.1 Å². The van der Waals surface area contributed by atoms with Gasteiger partial charge in [-0.05, 0) is 24.6 Å². The van der Waals surface area contributed by atoms with Gasteiger partial charge in [0, 0.05) is 11.6 Å². The maximum Gasteiger partial charge on any atom is 0.264 e. The molecule has 18 heavy (non-hydrogen) atoms. The van der Waals surface area contributed by atoms with Gasteiger partial charge in [-0.25, -0.2) is 5.10 Å². The monoisotopic (exact) mass is 243 g/mol. The van der Waals surface area contributed by atoms with Crippen LogP contribution >= 0.6 is 0 Å². The predicted octanol–water partition coefficient (Wildman–Crippen LogP) is 1.01. The molecule has 0 spiro atoms. The van der Waals surface area contributed by atoms with E-state index in [4.69, 9.17) is 0 Å². The molecule has 5 nitrogen and oxygen atoms in total. The maximum absolute atomic E-state index is 11.9. The number of H-pyrrole nitrogens is 1. The van der Waals surface area contributed by atoms with Crippen LogP contribution in [0.15, 0.2) is 41.2 Å². The van der Waals surface area contributed by atoms with Crippen LogP contribution in [0.4, 0.5) is 0 Å². The Morgan fingerprint density at radius 3 is 2.72 bits per heavy atom. The lowest BCUT2D eigenvalue weighted by atomic mass is 10.1. The number of hydrogen-bond acceptors (Lipinski definition) is 3. The van der Waals surface area contributed by atoms with Crippen molar-refractivity contribution < 1.29 is 4.79 Å². The van der Waals surface area contributed by atoms with Crippen molar-refractivity contribution in [2.45, 2.75) is 13.5 Å². The molecule has 1 amide bonds. The van der Waals surface area contributed by atoms with Crippen molar-refractivity contribution in [1.29, 1.82) is 0 Å². The van der Waals surface area contributed by atoms with Crippen LogP contribution in [0.1, 0.15) is 21.6 Å². The molecule has 0 bridgehead atoms. The van der Waals surface area contributed by atoms with Crippen LogP contribution in [0.3, 0.4) is 0 Å². The van der Waals surface area contributed by atoms with Crippen LogP contribution in [0.5, 0.6) is 0 Å². The van der Waals surface area contributed by atoms with Gasteiger partial charge in [0.15, 0.2) is 0 Å². The fourth-order valence-corrected chi connectivity index (χ4v) is 1.57. The summed E-state index contributed by atoms with van der Waals surface area (Å²) in [6.45, 7) is 2.16. The summed E-state index contributed by atoms with van der Waals surface area (Å²) in [5.41, 5.74) is 1.91. The number of amides is 1. The van der Waals surface area contributed by atoms with E-state index in [2.05, 4.69) is 15.5 Å². The van der Waals surface area contributed by atoms with Crippen molar-refractivity contribution in [3.63, 3.8) is 0 Å². The molecule has 1 heterocycles.